The van der Waals surface area contributed by atoms with Crippen LogP contribution in [0.3, 0.4) is 0 Å². The Balaban J connectivity index is 1.79. The van der Waals surface area contributed by atoms with Gasteiger partial charge in [-0.3, -0.25) is 4.90 Å². The molecule has 0 radical (unpaired) electrons. The van der Waals surface area contributed by atoms with Crippen LogP contribution >= 0.6 is 11.8 Å². The lowest BCUT2D eigenvalue weighted by Gasteiger charge is -2.39. The van der Waals surface area contributed by atoms with Crippen LogP contribution in [0.25, 0.3) is 0 Å². The number of ether oxygens (including phenoxy) is 1. The monoisotopic (exact) mass is 216 g/mol. The SMILES string of the molecule is CC1(C)CN(CC2CSCN2)CCO1. The van der Waals surface area contributed by atoms with Crippen molar-refractivity contribution in [2.75, 3.05) is 37.9 Å². The van der Waals surface area contributed by atoms with Gasteiger partial charge in [-0.1, -0.05) is 0 Å². The highest BCUT2D eigenvalue weighted by atomic mass is 32.2. The van der Waals surface area contributed by atoms with Crippen LogP contribution in [0.2, 0.25) is 0 Å². The van der Waals surface area contributed by atoms with Crippen LogP contribution in [0.15, 0.2) is 0 Å². The second-order valence-electron chi connectivity index (χ2n) is 4.76. The molecule has 0 aromatic rings. The molecule has 1 N–H and O–H groups in total. The molecule has 0 bridgehead atoms. The van der Waals surface area contributed by atoms with Gasteiger partial charge < -0.3 is 10.1 Å². The Hall–Kier alpha value is 0.230. The van der Waals surface area contributed by atoms with Crippen molar-refractivity contribution >= 4 is 11.8 Å². The van der Waals surface area contributed by atoms with Crippen LogP contribution in [0.5, 0.6) is 0 Å². The predicted molar refractivity (Wildman–Crippen MR) is 60.7 cm³/mol. The van der Waals surface area contributed by atoms with Crippen molar-refractivity contribution in [3.63, 3.8) is 0 Å². The maximum atomic E-state index is 5.69. The number of nitrogens with one attached hydrogen (secondary N) is 1. The van der Waals surface area contributed by atoms with E-state index >= 15 is 0 Å². The highest BCUT2D eigenvalue weighted by molar-refractivity contribution is 7.99. The Morgan fingerprint density at radius 2 is 2.43 bits per heavy atom. The van der Waals surface area contributed by atoms with Gasteiger partial charge >= 0.3 is 0 Å². The summed E-state index contributed by atoms with van der Waals surface area (Å²) in [6.45, 7) is 8.57. The average molecular weight is 216 g/mol. The summed E-state index contributed by atoms with van der Waals surface area (Å²) in [6, 6.07) is 0.689. The fourth-order valence-electron chi connectivity index (χ4n) is 2.14. The smallest absolute Gasteiger partial charge is 0.0753 e. The van der Waals surface area contributed by atoms with Gasteiger partial charge in [0, 0.05) is 37.3 Å². The van der Waals surface area contributed by atoms with Gasteiger partial charge in [-0.05, 0) is 13.8 Å². The van der Waals surface area contributed by atoms with Crippen LogP contribution < -0.4 is 5.32 Å². The molecule has 2 aliphatic heterocycles. The zero-order chi connectivity index (χ0) is 10.0. The fraction of sp³-hybridized carbons (Fsp3) is 1.00. The molecule has 2 aliphatic rings. The Morgan fingerprint density at radius 1 is 1.57 bits per heavy atom. The van der Waals surface area contributed by atoms with E-state index in [1.165, 1.54) is 12.3 Å². The number of hydrogen-bond acceptors (Lipinski definition) is 4. The van der Waals surface area contributed by atoms with E-state index in [9.17, 15) is 0 Å². The molecule has 0 aliphatic carbocycles. The van der Waals surface area contributed by atoms with Crippen LogP contribution in [0.4, 0.5) is 0 Å². The van der Waals surface area contributed by atoms with Crippen molar-refractivity contribution in [2.24, 2.45) is 0 Å². The maximum absolute atomic E-state index is 5.69. The van der Waals surface area contributed by atoms with Gasteiger partial charge in [0.1, 0.15) is 0 Å². The first kappa shape index (κ1) is 10.7. The van der Waals surface area contributed by atoms with Gasteiger partial charge in [0.25, 0.3) is 0 Å². The highest BCUT2D eigenvalue weighted by Gasteiger charge is 2.29. The average Bonchev–Trinajstić information content (AvgIpc) is 2.54. The van der Waals surface area contributed by atoms with Crippen molar-refractivity contribution in [3.05, 3.63) is 0 Å². The molecular weight excluding hydrogens is 196 g/mol. The van der Waals surface area contributed by atoms with Crippen molar-refractivity contribution in [3.8, 4) is 0 Å². The number of thioether (sulfide) groups is 1. The summed E-state index contributed by atoms with van der Waals surface area (Å²) in [5, 5.41) is 3.51. The molecule has 0 amide bonds. The standard InChI is InChI=1S/C10H20N2OS/c1-10(2)7-12(3-4-13-10)5-9-6-14-8-11-9/h9,11H,3-8H2,1-2H3. The third-order valence-electron chi connectivity index (χ3n) is 2.78. The van der Waals surface area contributed by atoms with Crippen LogP contribution in [-0.4, -0.2) is 54.4 Å². The van der Waals surface area contributed by atoms with Crippen LogP contribution in [0, 0.1) is 0 Å². The van der Waals surface area contributed by atoms with Crippen LogP contribution in [0.1, 0.15) is 13.8 Å². The molecule has 0 aromatic carbocycles. The van der Waals surface area contributed by atoms with Gasteiger partial charge in [0.2, 0.25) is 0 Å². The Morgan fingerprint density at radius 3 is 3.07 bits per heavy atom. The first-order valence-electron chi connectivity index (χ1n) is 5.33. The minimum absolute atomic E-state index is 0.0456. The number of hydrogen-bond donors (Lipinski definition) is 1. The van der Waals surface area contributed by atoms with Crippen molar-refractivity contribution in [1.29, 1.82) is 0 Å². The van der Waals surface area contributed by atoms with E-state index in [1.54, 1.807) is 0 Å². The zero-order valence-corrected chi connectivity index (χ0v) is 9.90. The first-order valence-corrected chi connectivity index (χ1v) is 6.49. The van der Waals surface area contributed by atoms with E-state index in [0.717, 1.165) is 25.6 Å². The van der Waals surface area contributed by atoms with Gasteiger partial charge in [-0.25, -0.2) is 0 Å². The lowest BCUT2D eigenvalue weighted by molar-refractivity contribution is -0.0869. The molecule has 1 atom stereocenters. The van der Waals surface area contributed by atoms with E-state index in [0.29, 0.717) is 6.04 Å². The minimum atomic E-state index is 0.0456. The molecule has 3 nitrogen and oxygen atoms in total. The molecular formula is C10H20N2OS. The second-order valence-corrected chi connectivity index (χ2v) is 5.79. The molecule has 2 heterocycles. The third kappa shape index (κ3) is 2.86. The third-order valence-corrected chi connectivity index (χ3v) is 3.79. The van der Waals surface area contributed by atoms with Crippen molar-refractivity contribution in [1.82, 2.24) is 10.2 Å². The lowest BCUT2D eigenvalue weighted by Crippen LogP contribution is -2.51. The van der Waals surface area contributed by atoms with Gasteiger partial charge in [0.05, 0.1) is 12.2 Å². The molecule has 0 spiro atoms. The number of rotatable bonds is 2. The van der Waals surface area contributed by atoms with Gasteiger partial charge in [-0.15, -0.1) is 11.8 Å². The summed E-state index contributed by atoms with van der Waals surface area (Å²) in [7, 11) is 0. The van der Waals surface area contributed by atoms with Crippen molar-refractivity contribution < 1.29 is 4.74 Å². The van der Waals surface area contributed by atoms with E-state index in [2.05, 4.69) is 24.1 Å². The summed E-state index contributed by atoms with van der Waals surface area (Å²) in [5.41, 5.74) is 0.0456. The topological polar surface area (TPSA) is 24.5 Å². The summed E-state index contributed by atoms with van der Waals surface area (Å²) in [5.74, 6) is 2.39. The molecule has 2 saturated heterocycles. The second kappa shape index (κ2) is 4.39. The van der Waals surface area contributed by atoms with Crippen molar-refractivity contribution in [2.45, 2.75) is 25.5 Å². The normalized spacial score (nSPS) is 33.4. The molecule has 14 heavy (non-hydrogen) atoms. The van der Waals surface area contributed by atoms with E-state index < -0.39 is 0 Å². The summed E-state index contributed by atoms with van der Waals surface area (Å²) < 4.78 is 5.69. The molecule has 2 rings (SSSR count). The molecule has 0 aromatic heterocycles. The van der Waals surface area contributed by atoms with Gasteiger partial charge in [0.15, 0.2) is 0 Å². The van der Waals surface area contributed by atoms with E-state index in [-0.39, 0.29) is 5.60 Å². The predicted octanol–water partition coefficient (Wildman–Crippen LogP) is 0.760. The minimum Gasteiger partial charge on any atom is -0.373 e. The molecule has 0 saturated carbocycles. The zero-order valence-electron chi connectivity index (χ0n) is 9.08. The van der Waals surface area contributed by atoms with Crippen LogP contribution in [-0.2, 0) is 4.74 Å². The summed E-state index contributed by atoms with van der Waals surface area (Å²) in [6.07, 6.45) is 0. The lowest BCUT2D eigenvalue weighted by atomic mass is 10.1. The Kier molecular flexibility index (Phi) is 3.37. The maximum Gasteiger partial charge on any atom is 0.0753 e. The summed E-state index contributed by atoms with van der Waals surface area (Å²) >= 11 is 2.00. The fourth-order valence-corrected chi connectivity index (χ4v) is 3.12. The Labute approximate surface area is 90.6 Å². The first-order chi connectivity index (χ1) is 6.66. The molecule has 2 fully saturated rings. The number of nitrogens with zero attached hydrogens (tertiary/aromatic N) is 1. The summed E-state index contributed by atoms with van der Waals surface area (Å²) in [4.78, 5) is 2.52. The quantitative estimate of drug-likeness (QED) is 0.736. The van der Waals surface area contributed by atoms with E-state index in [4.69, 9.17) is 4.74 Å². The largest absolute Gasteiger partial charge is 0.373 e. The molecule has 1 unspecified atom stereocenters. The van der Waals surface area contributed by atoms with Gasteiger partial charge in [-0.2, -0.15) is 0 Å². The Bertz CT molecular complexity index is 193. The highest BCUT2D eigenvalue weighted by Crippen LogP contribution is 2.18. The molecule has 4 heteroatoms. The number of morpholine rings is 1. The molecule has 82 valence electrons. The van der Waals surface area contributed by atoms with E-state index in [1.807, 2.05) is 11.8 Å².